The Morgan fingerprint density at radius 2 is 1.84 bits per heavy atom. The van der Waals surface area contributed by atoms with Crippen LogP contribution in [-0.2, 0) is 0 Å². The Hall–Kier alpha value is -2.69. The van der Waals surface area contributed by atoms with Gasteiger partial charge in [0.15, 0.2) is 0 Å². The maximum Gasteiger partial charge on any atom is 0.342 e. The highest BCUT2D eigenvalue weighted by atomic mass is 16.6. The lowest BCUT2D eigenvalue weighted by molar-refractivity contribution is -0.385. The highest BCUT2D eigenvalue weighted by Crippen LogP contribution is 2.27. The number of carboxylic acid groups (broad SMARTS) is 1. The summed E-state index contributed by atoms with van der Waals surface area (Å²) in [6.07, 6.45) is 0. The standard InChI is InChI=1S/C14H11NO4/c1-9-3-2-4-10(7-9)11-5-6-13(15(18)19)12(8-11)14(16)17/h2-8H,1H3,(H,16,17). The second kappa shape index (κ2) is 4.89. The molecule has 5 heteroatoms. The maximum absolute atomic E-state index is 11.1. The number of carboxylic acids is 1. The molecule has 0 saturated carbocycles. The van der Waals surface area contributed by atoms with Gasteiger partial charge in [0.05, 0.1) is 4.92 Å². The monoisotopic (exact) mass is 257 g/mol. The number of rotatable bonds is 3. The molecule has 19 heavy (non-hydrogen) atoms. The topological polar surface area (TPSA) is 80.4 Å². The van der Waals surface area contributed by atoms with Crippen LogP contribution in [0, 0.1) is 17.0 Å². The molecule has 0 unspecified atom stereocenters. The molecule has 0 aliphatic heterocycles. The van der Waals surface area contributed by atoms with Crippen molar-refractivity contribution in [2.75, 3.05) is 0 Å². The molecule has 0 radical (unpaired) electrons. The third kappa shape index (κ3) is 2.60. The maximum atomic E-state index is 11.1. The van der Waals surface area contributed by atoms with Gasteiger partial charge < -0.3 is 5.11 Å². The largest absolute Gasteiger partial charge is 0.477 e. The van der Waals surface area contributed by atoms with Crippen molar-refractivity contribution in [1.82, 2.24) is 0 Å². The molecule has 5 nitrogen and oxygen atoms in total. The van der Waals surface area contributed by atoms with Crippen molar-refractivity contribution < 1.29 is 14.8 Å². The smallest absolute Gasteiger partial charge is 0.342 e. The molecule has 0 aliphatic carbocycles. The van der Waals surface area contributed by atoms with Crippen LogP contribution < -0.4 is 0 Å². The Morgan fingerprint density at radius 3 is 2.42 bits per heavy atom. The van der Waals surface area contributed by atoms with Crippen LogP contribution >= 0.6 is 0 Å². The van der Waals surface area contributed by atoms with Crippen LogP contribution in [0.25, 0.3) is 11.1 Å². The highest BCUT2D eigenvalue weighted by molar-refractivity contribution is 5.94. The van der Waals surface area contributed by atoms with E-state index in [1.165, 1.54) is 12.1 Å². The van der Waals surface area contributed by atoms with Gasteiger partial charge in [-0.1, -0.05) is 29.8 Å². The summed E-state index contributed by atoms with van der Waals surface area (Å²) in [6.45, 7) is 1.92. The molecule has 0 fully saturated rings. The normalized spacial score (nSPS) is 10.2. The zero-order valence-corrected chi connectivity index (χ0v) is 10.2. The minimum Gasteiger partial charge on any atom is -0.477 e. The summed E-state index contributed by atoms with van der Waals surface area (Å²) >= 11 is 0. The Morgan fingerprint density at radius 1 is 1.16 bits per heavy atom. The molecule has 0 saturated heterocycles. The first-order valence-corrected chi connectivity index (χ1v) is 5.58. The Balaban J connectivity index is 2.58. The van der Waals surface area contributed by atoms with Gasteiger partial charge in [-0.2, -0.15) is 0 Å². The summed E-state index contributed by atoms with van der Waals surface area (Å²) in [5.74, 6) is -1.30. The number of hydrogen-bond donors (Lipinski definition) is 1. The van der Waals surface area contributed by atoms with Crippen LogP contribution in [-0.4, -0.2) is 16.0 Å². The van der Waals surface area contributed by atoms with Crippen molar-refractivity contribution >= 4 is 11.7 Å². The summed E-state index contributed by atoms with van der Waals surface area (Å²) in [6, 6.07) is 11.6. The minimum atomic E-state index is -1.30. The van der Waals surface area contributed by atoms with E-state index < -0.39 is 16.6 Å². The van der Waals surface area contributed by atoms with Gasteiger partial charge in [0, 0.05) is 6.07 Å². The average Bonchev–Trinajstić information content (AvgIpc) is 2.37. The van der Waals surface area contributed by atoms with Gasteiger partial charge in [0.25, 0.3) is 5.69 Å². The zero-order chi connectivity index (χ0) is 14.0. The van der Waals surface area contributed by atoms with Gasteiger partial charge in [0.1, 0.15) is 5.56 Å². The third-order valence-electron chi connectivity index (χ3n) is 2.78. The van der Waals surface area contributed by atoms with Gasteiger partial charge in [0.2, 0.25) is 0 Å². The van der Waals surface area contributed by atoms with Gasteiger partial charge >= 0.3 is 5.97 Å². The lowest BCUT2D eigenvalue weighted by Gasteiger charge is -2.05. The SMILES string of the molecule is Cc1cccc(-c2ccc([N+](=O)[O-])c(C(=O)O)c2)c1. The molecule has 2 aromatic carbocycles. The number of carbonyl (C=O) groups is 1. The van der Waals surface area contributed by atoms with E-state index in [4.69, 9.17) is 5.11 Å². The Labute approximate surface area is 109 Å². The van der Waals surface area contributed by atoms with E-state index in [-0.39, 0.29) is 5.56 Å². The molecular weight excluding hydrogens is 246 g/mol. The van der Waals surface area contributed by atoms with Crippen LogP contribution in [0.3, 0.4) is 0 Å². The van der Waals surface area contributed by atoms with Crippen LogP contribution in [0.1, 0.15) is 15.9 Å². The number of aryl methyl sites for hydroxylation is 1. The number of hydrogen-bond acceptors (Lipinski definition) is 3. The molecule has 0 aromatic heterocycles. The molecule has 0 bridgehead atoms. The summed E-state index contributed by atoms with van der Waals surface area (Å²) in [5.41, 5.74) is 1.81. The number of nitro groups is 1. The van der Waals surface area contributed by atoms with E-state index in [9.17, 15) is 14.9 Å². The van der Waals surface area contributed by atoms with Crippen molar-refractivity contribution in [3.63, 3.8) is 0 Å². The quantitative estimate of drug-likeness (QED) is 0.675. The van der Waals surface area contributed by atoms with Crippen LogP contribution in [0.15, 0.2) is 42.5 Å². The predicted molar refractivity (Wildman–Crippen MR) is 70.2 cm³/mol. The van der Waals surface area contributed by atoms with Crippen molar-refractivity contribution in [2.45, 2.75) is 6.92 Å². The lowest BCUT2D eigenvalue weighted by atomic mass is 10.0. The van der Waals surface area contributed by atoms with E-state index in [0.717, 1.165) is 11.1 Å². The number of aromatic carboxylic acids is 1. The molecule has 0 atom stereocenters. The molecule has 2 aromatic rings. The third-order valence-corrected chi connectivity index (χ3v) is 2.78. The van der Waals surface area contributed by atoms with E-state index in [1.807, 2.05) is 31.2 Å². The first-order valence-electron chi connectivity index (χ1n) is 5.58. The molecule has 2 rings (SSSR count). The van der Waals surface area contributed by atoms with E-state index in [2.05, 4.69) is 0 Å². The summed E-state index contributed by atoms with van der Waals surface area (Å²) in [7, 11) is 0. The second-order valence-electron chi connectivity index (χ2n) is 4.16. The van der Waals surface area contributed by atoms with E-state index in [0.29, 0.717) is 5.56 Å². The molecule has 0 heterocycles. The van der Waals surface area contributed by atoms with Crippen molar-refractivity contribution in [3.8, 4) is 11.1 Å². The van der Waals surface area contributed by atoms with Gasteiger partial charge in [-0.25, -0.2) is 4.79 Å². The van der Waals surface area contributed by atoms with Crippen molar-refractivity contribution in [1.29, 1.82) is 0 Å². The van der Waals surface area contributed by atoms with Gasteiger partial charge in [-0.05, 0) is 30.2 Å². The van der Waals surface area contributed by atoms with Crippen molar-refractivity contribution in [3.05, 3.63) is 63.7 Å². The molecular formula is C14H11NO4. The van der Waals surface area contributed by atoms with E-state index in [1.54, 1.807) is 6.07 Å². The van der Waals surface area contributed by atoms with Crippen molar-refractivity contribution in [2.24, 2.45) is 0 Å². The molecule has 0 amide bonds. The fourth-order valence-corrected chi connectivity index (χ4v) is 1.87. The molecule has 1 N–H and O–H groups in total. The fraction of sp³-hybridized carbons (Fsp3) is 0.0714. The zero-order valence-electron chi connectivity index (χ0n) is 10.2. The Bertz CT molecular complexity index is 664. The number of benzene rings is 2. The number of nitrogens with zero attached hydrogens (tertiary/aromatic N) is 1. The van der Waals surface area contributed by atoms with Crippen LogP contribution in [0.5, 0.6) is 0 Å². The van der Waals surface area contributed by atoms with Crippen LogP contribution in [0.2, 0.25) is 0 Å². The van der Waals surface area contributed by atoms with Gasteiger partial charge in [-0.15, -0.1) is 0 Å². The minimum absolute atomic E-state index is 0.302. The van der Waals surface area contributed by atoms with Crippen LogP contribution in [0.4, 0.5) is 5.69 Å². The van der Waals surface area contributed by atoms with Gasteiger partial charge in [-0.3, -0.25) is 10.1 Å². The summed E-state index contributed by atoms with van der Waals surface area (Å²) in [5, 5.41) is 19.8. The summed E-state index contributed by atoms with van der Waals surface area (Å²) in [4.78, 5) is 21.2. The fourth-order valence-electron chi connectivity index (χ4n) is 1.87. The lowest BCUT2D eigenvalue weighted by Crippen LogP contribution is -2.02. The highest BCUT2D eigenvalue weighted by Gasteiger charge is 2.20. The predicted octanol–water partition coefficient (Wildman–Crippen LogP) is 3.27. The number of nitro benzene ring substituents is 1. The van der Waals surface area contributed by atoms with E-state index >= 15 is 0 Å². The summed E-state index contributed by atoms with van der Waals surface area (Å²) < 4.78 is 0. The average molecular weight is 257 g/mol. The first kappa shape index (κ1) is 12.8. The molecule has 0 aliphatic rings. The molecule has 0 spiro atoms. The Kier molecular flexibility index (Phi) is 3.29. The molecule has 96 valence electrons. The second-order valence-corrected chi connectivity index (χ2v) is 4.16. The first-order chi connectivity index (χ1) is 8.99.